The van der Waals surface area contributed by atoms with Gasteiger partial charge in [0.15, 0.2) is 0 Å². The molecule has 0 saturated carbocycles. The molecule has 0 bridgehead atoms. The lowest BCUT2D eigenvalue weighted by molar-refractivity contribution is 0.0596. The Morgan fingerprint density at radius 3 is 2.03 bits per heavy atom. The van der Waals surface area contributed by atoms with Gasteiger partial charge in [-0.15, -0.1) is 0 Å². The largest absolute Gasteiger partial charge is 0.336 e. The van der Waals surface area contributed by atoms with Crippen molar-refractivity contribution in [1.82, 2.24) is 9.80 Å². The molecule has 1 atom stereocenters. The summed E-state index contributed by atoms with van der Waals surface area (Å²) in [6.07, 6.45) is 0. The Bertz CT molecular complexity index is 964. The highest BCUT2D eigenvalue weighted by Crippen LogP contribution is 2.30. The van der Waals surface area contributed by atoms with Gasteiger partial charge in [0, 0.05) is 31.7 Å². The molecule has 0 N–H and O–H groups in total. The van der Waals surface area contributed by atoms with Gasteiger partial charge in [-0.05, 0) is 41.8 Å². The molecule has 4 heteroatoms. The summed E-state index contributed by atoms with van der Waals surface area (Å²) in [6.45, 7) is 4.88. The van der Waals surface area contributed by atoms with Crippen molar-refractivity contribution in [2.75, 3.05) is 26.2 Å². The summed E-state index contributed by atoms with van der Waals surface area (Å²) < 4.78 is 13.5. The highest BCUT2D eigenvalue weighted by Gasteiger charge is 2.28. The monoisotopic (exact) mass is 388 g/mol. The first-order valence-electron chi connectivity index (χ1n) is 10.0. The van der Waals surface area contributed by atoms with E-state index in [0.29, 0.717) is 13.1 Å². The molecule has 0 aromatic heterocycles. The second-order valence-electron chi connectivity index (χ2n) is 7.51. The summed E-state index contributed by atoms with van der Waals surface area (Å²) >= 11 is 0. The molecule has 148 valence electrons. The molecule has 0 aliphatic carbocycles. The first-order chi connectivity index (χ1) is 14.1. The predicted octanol–water partition coefficient (Wildman–Crippen LogP) is 4.68. The minimum atomic E-state index is -0.228. The lowest BCUT2D eigenvalue weighted by Gasteiger charge is -2.40. The van der Waals surface area contributed by atoms with Gasteiger partial charge in [0.25, 0.3) is 5.91 Å². The van der Waals surface area contributed by atoms with Crippen LogP contribution in [0.1, 0.15) is 33.1 Å². The van der Waals surface area contributed by atoms with Crippen molar-refractivity contribution in [3.8, 4) is 0 Å². The van der Waals surface area contributed by atoms with Crippen LogP contribution in [0.4, 0.5) is 4.39 Å². The second-order valence-corrected chi connectivity index (χ2v) is 7.51. The molecule has 1 amide bonds. The van der Waals surface area contributed by atoms with Gasteiger partial charge in [-0.1, -0.05) is 60.7 Å². The molecule has 1 fully saturated rings. The van der Waals surface area contributed by atoms with Crippen molar-refractivity contribution in [1.29, 1.82) is 0 Å². The number of carbonyl (C=O) groups excluding carboxylic acids is 1. The van der Waals surface area contributed by atoms with Gasteiger partial charge in [0.1, 0.15) is 5.82 Å². The molecule has 1 aliphatic heterocycles. The van der Waals surface area contributed by atoms with E-state index in [-0.39, 0.29) is 17.8 Å². The van der Waals surface area contributed by atoms with Gasteiger partial charge < -0.3 is 4.90 Å². The summed E-state index contributed by atoms with van der Waals surface area (Å²) in [5, 5.41) is 0. The van der Waals surface area contributed by atoms with Crippen LogP contribution in [0.5, 0.6) is 0 Å². The van der Waals surface area contributed by atoms with E-state index >= 15 is 0 Å². The Labute approximate surface area is 171 Å². The molecule has 3 aromatic carbocycles. The highest BCUT2D eigenvalue weighted by atomic mass is 19.1. The first kappa shape index (κ1) is 19.3. The normalized spacial score (nSPS) is 15.9. The molecule has 0 unspecified atom stereocenters. The second kappa shape index (κ2) is 8.58. The smallest absolute Gasteiger partial charge is 0.254 e. The number of benzene rings is 3. The third-order valence-electron chi connectivity index (χ3n) is 5.64. The van der Waals surface area contributed by atoms with Gasteiger partial charge >= 0.3 is 0 Å². The number of carbonyl (C=O) groups is 1. The fourth-order valence-electron chi connectivity index (χ4n) is 4.06. The van der Waals surface area contributed by atoms with Crippen LogP contribution in [-0.4, -0.2) is 41.9 Å². The van der Waals surface area contributed by atoms with Crippen LogP contribution >= 0.6 is 0 Å². The molecule has 0 radical (unpaired) electrons. The number of amides is 1. The standard InChI is InChI=1S/C25H25FN2O/c1-19-7-5-6-10-23(19)25(29)28-17-15-27(16-18-28)24(20-8-3-2-4-9-20)21-11-13-22(26)14-12-21/h2-14,24H,15-18H2,1H3/t24-/m0/s1. The third-order valence-corrected chi connectivity index (χ3v) is 5.64. The van der Waals surface area contributed by atoms with Crippen LogP contribution in [0.2, 0.25) is 0 Å². The summed E-state index contributed by atoms with van der Waals surface area (Å²) in [5.41, 5.74) is 4.03. The van der Waals surface area contributed by atoms with E-state index in [4.69, 9.17) is 0 Å². The quantitative estimate of drug-likeness (QED) is 0.648. The Morgan fingerprint density at radius 1 is 0.793 bits per heavy atom. The van der Waals surface area contributed by atoms with Crippen LogP contribution in [0.25, 0.3) is 0 Å². The zero-order valence-corrected chi connectivity index (χ0v) is 16.6. The predicted molar refractivity (Wildman–Crippen MR) is 113 cm³/mol. The number of hydrogen-bond acceptors (Lipinski definition) is 2. The van der Waals surface area contributed by atoms with Crippen molar-refractivity contribution >= 4 is 5.91 Å². The molecule has 3 aromatic rings. The van der Waals surface area contributed by atoms with Crippen molar-refractivity contribution < 1.29 is 9.18 Å². The van der Waals surface area contributed by atoms with Crippen molar-refractivity contribution in [2.45, 2.75) is 13.0 Å². The summed E-state index contributed by atoms with van der Waals surface area (Å²) in [4.78, 5) is 17.3. The van der Waals surface area contributed by atoms with E-state index in [1.807, 2.05) is 66.4 Å². The van der Waals surface area contributed by atoms with E-state index in [1.54, 1.807) is 0 Å². The maximum Gasteiger partial charge on any atom is 0.254 e. The third kappa shape index (κ3) is 4.22. The van der Waals surface area contributed by atoms with E-state index in [9.17, 15) is 9.18 Å². The van der Waals surface area contributed by atoms with E-state index in [0.717, 1.165) is 29.8 Å². The minimum absolute atomic E-state index is 0.0486. The molecule has 1 aliphatic rings. The summed E-state index contributed by atoms with van der Waals surface area (Å²) in [5.74, 6) is -0.130. The number of rotatable bonds is 4. The number of piperazine rings is 1. The van der Waals surface area contributed by atoms with Gasteiger partial charge in [0.05, 0.1) is 6.04 Å². The Kier molecular flexibility index (Phi) is 5.72. The number of aryl methyl sites for hydroxylation is 1. The minimum Gasteiger partial charge on any atom is -0.336 e. The Balaban J connectivity index is 1.53. The van der Waals surface area contributed by atoms with Gasteiger partial charge in [0.2, 0.25) is 0 Å². The summed E-state index contributed by atoms with van der Waals surface area (Å²) in [6, 6.07) is 24.8. The zero-order valence-electron chi connectivity index (χ0n) is 16.6. The fraction of sp³-hybridized carbons (Fsp3) is 0.240. The lowest BCUT2D eigenvalue weighted by Crippen LogP contribution is -2.50. The molecule has 29 heavy (non-hydrogen) atoms. The zero-order chi connectivity index (χ0) is 20.2. The average Bonchev–Trinajstić information content (AvgIpc) is 2.76. The highest BCUT2D eigenvalue weighted by molar-refractivity contribution is 5.95. The van der Waals surface area contributed by atoms with Crippen molar-refractivity contribution in [3.63, 3.8) is 0 Å². The SMILES string of the molecule is Cc1ccccc1C(=O)N1CCN([C@@H](c2ccccc2)c2ccc(F)cc2)CC1. The van der Waals surface area contributed by atoms with Crippen LogP contribution in [0.3, 0.4) is 0 Å². The maximum absolute atomic E-state index is 13.5. The molecular weight excluding hydrogens is 363 g/mol. The van der Waals surface area contributed by atoms with Gasteiger partial charge in [-0.3, -0.25) is 9.69 Å². The van der Waals surface area contributed by atoms with E-state index < -0.39 is 0 Å². The molecule has 1 heterocycles. The number of hydrogen-bond donors (Lipinski definition) is 0. The van der Waals surface area contributed by atoms with Gasteiger partial charge in [-0.2, -0.15) is 0 Å². The van der Waals surface area contributed by atoms with Crippen molar-refractivity contribution in [3.05, 3.63) is 107 Å². The number of nitrogens with zero attached hydrogens (tertiary/aromatic N) is 2. The average molecular weight is 388 g/mol. The summed E-state index contributed by atoms with van der Waals surface area (Å²) in [7, 11) is 0. The van der Waals surface area contributed by atoms with Crippen LogP contribution < -0.4 is 0 Å². The molecular formula is C25H25FN2O. The first-order valence-corrected chi connectivity index (χ1v) is 10.0. The molecule has 1 saturated heterocycles. The topological polar surface area (TPSA) is 23.6 Å². The maximum atomic E-state index is 13.5. The molecule has 3 nitrogen and oxygen atoms in total. The molecule has 0 spiro atoms. The van der Waals surface area contributed by atoms with Crippen molar-refractivity contribution in [2.24, 2.45) is 0 Å². The van der Waals surface area contributed by atoms with E-state index in [2.05, 4.69) is 17.0 Å². The lowest BCUT2D eigenvalue weighted by atomic mass is 9.96. The molecule has 4 rings (SSSR count). The fourth-order valence-corrected chi connectivity index (χ4v) is 4.06. The van der Waals surface area contributed by atoms with Crippen LogP contribution in [0, 0.1) is 12.7 Å². The Hall–Kier alpha value is -2.98. The van der Waals surface area contributed by atoms with E-state index in [1.165, 1.54) is 17.7 Å². The van der Waals surface area contributed by atoms with Gasteiger partial charge in [-0.25, -0.2) is 4.39 Å². The Morgan fingerprint density at radius 2 is 1.38 bits per heavy atom. The van der Waals surface area contributed by atoms with Crippen LogP contribution in [0.15, 0.2) is 78.9 Å². The number of halogens is 1. The van der Waals surface area contributed by atoms with Crippen LogP contribution in [-0.2, 0) is 0 Å².